The standard InChI is InChI=1S/C25H32O5/c1-3-4-24(29-17-18-5-13-22(26)14-6-18)30-23-15-11-20(12-16-23)19-7-9-21(10-8-19)25(27)28-2/h7-12,15-16,18,22,24,26H,3-6,13-14,17H2,1-2H3. The van der Waals surface area contributed by atoms with E-state index < -0.39 is 0 Å². The molecule has 0 aliphatic heterocycles. The van der Waals surface area contributed by atoms with Crippen LogP contribution in [0.2, 0.25) is 0 Å². The predicted octanol–water partition coefficient (Wildman–Crippen LogP) is 5.21. The monoisotopic (exact) mass is 412 g/mol. The van der Waals surface area contributed by atoms with Gasteiger partial charge >= 0.3 is 5.97 Å². The summed E-state index contributed by atoms with van der Waals surface area (Å²) in [7, 11) is 1.38. The molecule has 1 N–H and O–H groups in total. The number of aliphatic hydroxyl groups is 1. The van der Waals surface area contributed by atoms with Gasteiger partial charge in [-0.3, -0.25) is 0 Å². The average molecular weight is 413 g/mol. The average Bonchev–Trinajstić information content (AvgIpc) is 2.79. The van der Waals surface area contributed by atoms with Crippen molar-refractivity contribution in [2.75, 3.05) is 13.7 Å². The van der Waals surface area contributed by atoms with Crippen LogP contribution < -0.4 is 4.74 Å². The lowest BCUT2D eigenvalue weighted by atomic mass is 9.88. The first-order valence-electron chi connectivity index (χ1n) is 10.8. The molecule has 0 spiro atoms. The molecule has 5 nitrogen and oxygen atoms in total. The molecular weight excluding hydrogens is 380 g/mol. The molecule has 1 aliphatic carbocycles. The Hall–Kier alpha value is -2.37. The second kappa shape index (κ2) is 11.1. The second-order valence-corrected chi connectivity index (χ2v) is 7.94. The molecule has 0 heterocycles. The van der Waals surface area contributed by atoms with Crippen LogP contribution >= 0.6 is 0 Å². The number of carbonyl (C=O) groups is 1. The van der Waals surface area contributed by atoms with Crippen molar-refractivity contribution >= 4 is 5.97 Å². The summed E-state index contributed by atoms with van der Waals surface area (Å²) >= 11 is 0. The Morgan fingerprint density at radius 1 is 1.00 bits per heavy atom. The van der Waals surface area contributed by atoms with Crippen molar-refractivity contribution in [2.24, 2.45) is 5.92 Å². The van der Waals surface area contributed by atoms with E-state index in [0.717, 1.165) is 55.4 Å². The van der Waals surface area contributed by atoms with Gasteiger partial charge in [-0.1, -0.05) is 37.6 Å². The van der Waals surface area contributed by atoms with Gasteiger partial charge in [0.05, 0.1) is 25.4 Å². The number of rotatable bonds is 9. The molecule has 162 valence electrons. The summed E-state index contributed by atoms with van der Waals surface area (Å²) in [4.78, 5) is 11.6. The molecule has 0 aromatic heterocycles. The summed E-state index contributed by atoms with van der Waals surface area (Å²) in [6.45, 7) is 2.81. The number of esters is 1. The third kappa shape index (κ3) is 6.31. The summed E-state index contributed by atoms with van der Waals surface area (Å²) in [6, 6.07) is 15.3. The lowest BCUT2D eigenvalue weighted by Gasteiger charge is -2.27. The molecule has 1 unspecified atom stereocenters. The van der Waals surface area contributed by atoms with E-state index >= 15 is 0 Å². The first kappa shape index (κ1) is 22.3. The van der Waals surface area contributed by atoms with Gasteiger partial charge < -0.3 is 19.3 Å². The van der Waals surface area contributed by atoms with Crippen LogP contribution in [0.5, 0.6) is 5.75 Å². The van der Waals surface area contributed by atoms with E-state index in [1.807, 2.05) is 36.4 Å². The van der Waals surface area contributed by atoms with E-state index in [1.165, 1.54) is 7.11 Å². The maximum absolute atomic E-state index is 11.6. The normalized spacial score (nSPS) is 19.8. The lowest BCUT2D eigenvalue weighted by molar-refractivity contribution is -0.101. The molecule has 30 heavy (non-hydrogen) atoms. The molecule has 0 amide bonds. The van der Waals surface area contributed by atoms with E-state index in [9.17, 15) is 9.90 Å². The van der Waals surface area contributed by atoms with Gasteiger partial charge in [0, 0.05) is 6.42 Å². The number of benzene rings is 2. The van der Waals surface area contributed by atoms with E-state index in [1.54, 1.807) is 12.1 Å². The molecule has 0 radical (unpaired) electrons. The molecule has 1 atom stereocenters. The Labute approximate surface area is 179 Å². The molecule has 1 aliphatic rings. The Bertz CT molecular complexity index is 776. The van der Waals surface area contributed by atoms with Crippen molar-refractivity contribution in [3.05, 3.63) is 54.1 Å². The number of methoxy groups -OCH3 is 1. The minimum atomic E-state index is -0.336. The van der Waals surface area contributed by atoms with Crippen LogP contribution in [0.1, 0.15) is 55.8 Å². The van der Waals surface area contributed by atoms with Crippen LogP contribution in [0.4, 0.5) is 0 Å². The lowest BCUT2D eigenvalue weighted by Crippen LogP contribution is -2.27. The summed E-state index contributed by atoms with van der Waals surface area (Å²) in [6.07, 6.45) is 5.20. The summed E-state index contributed by atoms with van der Waals surface area (Å²) in [5.74, 6) is 0.950. The zero-order chi connectivity index (χ0) is 21.3. The molecule has 0 bridgehead atoms. The second-order valence-electron chi connectivity index (χ2n) is 7.94. The van der Waals surface area contributed by atoms with Crippen molar-refractivity contribution < 1.29 is 24.1 Å². The van der Waals surface area contributed by atoms with Crippen LogP contribution in [0.15, 0.2) is 48.5 Å². The highest BCUT2D eigenvalue weighted by Gasteiger charge is 2.21. The van der Waals surface area contributed by atoms with Crippen LogP contribution in [-0.4, -0.2) is 37.2 Å². The highest BCUT2D eigenvalue weighted by molar-refractivity contribution is 5.89. The minimum Gasteiger partial charge on any atom is -0.465 e. The van der Waals surface area contributed by atoms with Crippen LogP contribution in [0.3, 0.4) is 0 Å². The van der Waals surface area contributed by atoms with Gasteiger partial charge in [0.2, 0.25) is 0 Å². The van der Waals surface area contributed by atoms with E-state index in [2.05, 4.69) is 6.92 Å². The van der Waals surface area contributed by atoms with Gasteiger partial charge in [-0.2, -0.15) is 0 Å². The van der Waals surface area contributed by atoms with Gasteiger partial charge in [0.25, 0.3) is 0 Å². The Morgan fingerprint density at radius 3 is 2.17 bits per heavy atom. The highest BCUT2D eigenvalue weighted by Crippen LogP contribution is 2.27. The van der Waals surface area contributed by atoms with Gasteiger partial charge in [-0.15, -0.1) is 0 Å². The van der Waals surface area contributed by atoms with E-state index in [0.29, 0.717) is 18.1 Å². The van der Waals surface area contributed by atoms with Crippen LogP contribution in [0, 0.1) is 5.92 Å². The third-order valence-electron chi connectivity index (χ3n) is 5.62. The van der Waals surface area contributed by atoms with Crippen LogP contribution in [0.25, 0.3) is 11.1 Å². The maximum Gasteiger partial charge on any atom is 0.337 e. The van der Waals surface area contributed by atoms with E-state index in [-0.39, 0.29) is 18.4 Å². The number of aliphatic hydroxyl groups excluding tert-OH is 1. The molecule has 0 saturated heterocycles. The Morgan fingerprint density at radius 2 is 1.60 bits per heavy atom. The number of carbonyl (C=O) groups excluding carboxylic acids is 1. The van der Waals surface area contributed by atoms with Gasteiger partial charge in [-0.25, -0.2) is 4.79 Å². The van der Waals surface area contributed by atoms with Crippen molar-refractivity contribution in [3.8, 4) is 16.9 Å². The summed E-state index contributed by atoms with van der Waals surface area (Å²) < 4.78 is 16.9. The van der Waals surface area contributed by atoms with Crippen LogP contribution in [-0.2, 0) is 9.47 Å². The number of hydrogen-bond acceptors (Lipinski definition) is 5. The zero-order valence-electron chi connectivity index (χ0n) is 17.9. The summed E-state index contributed by atoms with van der Waals surface area (Å²) in [5, 5.41) is 9.65. The molecule has 1 saturated carbocycles. The van der Waals surface area contributed by atoms with Crippen molar-refractivity contribution in [1.29, 1.82) is 0 Å². The fourth-order valence-electron chi connectivity index (χ4n) is 3.76. The quantitative estimate of drug-likeness (QED) is 0.452. The van der Waals surface area contributed by atoms with E-state index in [4.69, 9.17) is 14.2 Å². The van der Waals surface area contributed by atoms with Gasteiger partial charge in [-0.05, 0) is 67.0 Å². The fourth-order valence-corrected chi connectivity index (χ4v) is 3.76. The molecule has 5 heteroatoms. The number of ether oxygens (including phenoxy) is 3. The topological polar surface area (TPSA) is 65.0 Å². The third-order valence-corrected chi connectivity index (χ3v) is 5.62. The first-order chi connectivity index (χ1) is 14.6. The van der Waals surface area contributed by atoms with Crippen molar-refractivity contribution in [2.45, 2.75) is 57.8 Å². The SMILES string of the molecule is CCCC(OCC1CCC(O)CC1)Oc1ccc(-c2ccc(C(=O)OC)cc2)cc1. The maximum atomic E-state index is 11.6. The van der Waals surface area contributed by atoms with Gasteiger partial charge in [0.15, 0.2) is 6.29 Å². The smallest absolute Gasteiger partial charge is 0.337 e. The molecule has 2 aromatic carbocycles. The molecule has 2 aromatic rings. The molecular formula is C25H32O5. The zero-order valence-corrected chi connectivity index (χ0v) is 17.9. The Balaban J connectivity index is 1.56. The molecule has 3 rings (SSSR count). The largest absolute Gasteiger partial charge is 0.465 e. The highest BCUT2D eigenvalue weighted by atomic mass is 16.7. The predicted molar refractivity (Wildman–Crippen MR) is 116 cm³/mol. The Kier molecular flexibility index (Phi) is 8.29. The van der Waals surface area contributed by atoms with Crippen molar-refractivity contribution in [3.63, 3.8) is 0 Å². The fraction of sp³-hybridized carbons (Fsp3) is 0.480. The number of hydrogen-bond donors (Lipinski definition) is 1. The van der Waals surface area contributed by atoms with Crippen molar-refractivity contribution in [1.82, 2.24) is 0 Å². The first-order valence-corrected chi connectivity index (χ1v) is 10.8. The van der Waals surface area contributed by atoms with Gasteiger partial charge in [0.1, 0.15) is 5.75 Å². The molecule has 1 fully saturated rings. The minimum absolute atomic E-state index is 0.140. The summed E-state index contributed by atoms with van der Waals surface area (Å²) in [5.41, 5.74) is 2.61.